The van der Waals surface area contributed by atoms with Crippen molar-refractivity contribution >= 4 is 34.6 Å². The number of nitrogens with one attached hydrogen (secondary N) is 1. The highest BCUT2D eigenvalue weighted by atomic mass is 32.2. The van der Waals surface area contributed by atoms with Crippen LogP contribution in [0.4, 0.5) is 5.69 Å². The van der Waals surface area contributed by atoms with Crippen LogP contribution in [0.2, 0.25) is 0 Å². The second-order valence-corrected chi connectivity index (χ2v) is 10.1. The summed E-state index contributed by atoms with van der Waals surface area (Å²) in [7, 11) is 1.67. The second-order valence-electron chi connectivity index (χ2n) is 7.98. The molecule has 0 unspecified atom stereocenters. The van der Waals surface area contributed by atoms with Crippen LogP contribution >= 0.6 is 23.1 Å². The lowest BCUT2D eigenvalue weighted by Crippen LogP contribution is -2.18. The number of thiophene rings is 1. The first-order valence-corrected chi connectivity index (χ1v) is 13.0. The number of anilines is 1. The van der Waals surface area contributed by atoms with Crippen molar-refractivity contribution in [3.8, 4) is 5.75 Å². The van der Waals surface area contributed by atoms with Crippen molar-refractivity contribution in [2.24, 2.45) is 0 Å². The third-order valence-electron chi connectivity index (χ3n) is 5.81. The third kappa shape index (κ3) is 5.53. The lowest BCUT2D eigenvalue weighted by Gasteiger charge is -2.25. The number of hydrogen-bond donors (Lipinski definition) is 1. The van der Waals surface area contributed by atoms with Crippen molar-refractivity contribution in [2.45, 2.75) is 63.2 Å². The Morgan fingerprint density at radius 3 is 2.81 bits per heavy atom. The molecule has 1 aliphatic carbocycles. The molecule has 0 saturated heterocycles. The van der Waals surface area contributed by atoms with Gasteiger partial charge in [0.15, 0.2) is 16.8 Å². The van der Waals surface area contributed by atoms with Crippen LogP contribution in [0.3, 0.4) is 0 Å². The molecule has 1 N–H and O–H groups in total. The summed E-state index contributed by atoms with van der Waals surface area (Å²) in [6.07, 6.45) is 6.97. The minimum atomic E-state index is 0.161. The van der Waals surface area contributed by atoms with Crippen LogP contribution in [0.15, 0.2) is 41.6 Å². The number of Topliss-reactive ketones (excluding diaryl/α,β-unsaturated/α-hetero) is 1. The topological polar surface area (TPSA) is 69.0 Å². The number of aromatic nitrogens is 3. The van der Waals surface area contributed by atoms with E-state index in [0.717, 1.165) is 46.6 Å². The average Bonchev–Trinajstić information content (AvgIpc) is 3.49. The first-order chi connectivity index (χ1) is 15.7. The number of carbonyl (C=O) groups excluding carboxylic acids is 1. The predicted octanol–water partition coefficient (Wildman–Crippen LogP) is 6.00. The summed E-state index contributed by atoms with van der Waals surface area (Å²) in [5, 5.41) is 13.3. The van der Waals surface area contributed by atoms with E-state index in [9.17, 15) is 4.79 Å². The molecule has 3 aromatic rings. The molecule has 0 aliphatic heterocycles. The van der Waals surface area contributed by atoms with Crippen molar-refractivity contribution in [3.05, 3.63) is 52.0 Å². The van der Waals surface area contributed by atoms with Gasteiger partial charge in [-0.3, -0.25) is 4.79 Å². The van der Waals surface area contributed by atoms with Crippen molar-refractivity contribution in [3.63, 3.8) is 0 Å². The number of thioether (sulfide) groups is 1. The number of nitrogens with zero attached hydrogens (tertiary/aromatic N) is 3. The van der Waals surface area contributed by atoms with Crippen LogP contribution in [0.5, 0.6) is 5.75 Å². The minimum Gasteiger partial charge on any atom is -0.497 e. The van der Waals surface area contributed by atoms with E-state index in [-0.39, 0.29) is 5.78 Å². The van der Waals surface area contributed by atoms with Gasteiger partial charge in [-0.1, -0.05) is 44.0 Å². The van der Waals surface area contributed by atoms with E-state index < -0.39 is 0 Å². The zero-order chi connectivity index (χ0) is 22.3. The molecule has 1 saturated carbocycles. The Morgan fingerprint density at radius 2 is 2.06 bits per heavy atom. The largest absolute Gasteiger partial charge is 0.497 e. The highest BCUT2D eigenvalue weighted by Gasteiger charge is 2.23. The molecular formula is C24H30N4O2S2. The van der Waals surface area contributed by atoms with E-state index in [1.54, 1.807) is 18.4 Å². The molecular weight excluding hydrogens is 440 g/mol. The van der Waals surface area contributed by atoms with Gasteiger partial charge in [0, 0.05) is 22.7 Å². The summed E-state index contributed by atoms with van der Waals surface area (Å²) >= 11 is 3.10. The molecule has 1 aromatic carbocycles. The molecule has 1 aliphatic rings. The molecule has 32 heavy (non-hydrogen) atoms. The fourth-order valence-electron chi connectivity index (χ4n) is 4.07. The van der Waals surface area contributed by atoms with E-state index in [1.165, 1.54) is 35.9 Å². The molecule has 6 nitrogen and oxygen atoms in total. The Hall–Kier alpha value is -2.32. The second kappa shape index (κ2) is 11.0. The maximum atomic E-state index is 12.7. The molecule has 170 valence electrons. The van der Waals surface area contributed by atoms with E-state index >= 15 is 0 Å². The molecule has 0 bridgehead atoms. The zero-order valence-electron chi connectivity index (χ0n) is 18.7. The molecule has 2 heterocycles. The number of aryl methyl sites for hydroxylation is 1. The molecule has 0 atom stereocenters. The summed E-state index contributed by atoms with van der Waals surface area (Å²) in [6.45, 7) is 2.69. The van der Waals surface area contributed by atoms with Crippen molar-refractivity contribution < 1.29 is 9.53 Å². The van der Waals surface area contributed by atoms with Crippen molar-refractivity contribution in [2.75, 3.05) is 18.2 Å². The van der Waals surface area contributed by atoms with Crippen LogP contribution < -0.4 is 10.1 Å². The van der Waals surface area contributed by atoms with Crippen LogP contribution in [0.1, 0.15) is 65.4 Å². The van der Waals surface area contributed by atoms with Crippen LogP contribution in [-0.2, 0) is 13.0 Å². The van der Waals surface area contributed by atoms with E-state index in [4.69, 9.17) is 4.74 Å². The highest BCUT2D eigenvalue weighted by molar-refractivity contribution is 7.99. The number of hydrogen-bond acceptors (Lipinski definition) is 7. The number of benzene rings is 1. The maximum absolute atomic E-state index is 12.7. The van der Waals surface area contributed by atoms with Gasteiger partial charge in [-0.2, -0.15) is 0 Å². The smallest absolute Gasteiger partial charge is 0.191 e. The fourth-order valence-corrected chi connectivity index (χ4v) is 5.95. The Labute approximate surface area is 197 Å². The molecule has 0 amide bonds. The number of methoxy groups -OCH3 is 1. The van der Waals surface area contributed by atoms with Gasteiger partial charge in [0.2, 0.25) is 0 Å². The lowest BCUT2D eigenvalue weighted by molar-refractivity contribution is 0.102. The Kier molecular flexibility index (Phi) is 7.86. The van der Waals surface area contributed by atoms with E-state index in [2.05, 4.69) is 33.1 Å². The SMILES string of the molecule is CCc1ccc(C(=O)CSc2nnc(CNc3cccc(OC)c3)n2C2CCCCC2)s1. The molecule has 0 radical (unpaired) electrons. The monoisotopic (exact) mass is 470 g/mol. The van der Waals surface area contributed by atoms with Gasteiger partial charge in [0.1, 0.15) is 5.75 Å². The Bertz CT molecular complexity index is 1040. The van der Waals surface area contributed by atoms with Crippen molar-refractivity contribution in [1.82, 2.24) is 14.8 Å². The number of ether oxygens (including phenoxy) is 1. The normalized spacial score (nSPS) is 14.4. The summed E-state index contributed by atoms with van der Waals surface area (Å²) in [5.74, 6) is 2.28. The standard InChI is InChI=1S/C24H30N4O2S2/c1-3-20-12-13-22(32-20)21(29)16-31-24-27-26-23(28(24)18-9-5-4-6-10-18)15-25-17-8-7-11-19(14-17)30-2/h7-8,11-14,18,25H,3-6,9-10,15-16H2,1-2H3. The van der Waals surface area contributed by atoms with Gasteiger partial charge in [-0.25, -0.2) is 0 Å². The quantitative estimate of drug-likeness (QED) is 0.289. The van der Waals surface area contributed by atoms with Gasteiger partial charge in [-0.15, -0.1) is 21.5 Å². The number of ketones is 1. The minimum absolute atomic E-state index is 0.161. The molecule has 2 aromatic heterocycles. The van der Waals surface area contributed by atoms with Gasteiger partial charge in [0.25, 0.3) is 0 Å². The van der Waals surface area contributed by atoms with Crippen LogP contribution in [-0.4, -0.2) is 33.4 Å². The zero-order valence-corrected chi connectivity index (χ0v) is 20.3. The van der Waals surface area contributed by atoms with E-state index in [0.29, 0.717) is 18.3 Å². The van der Waals surface area contributed by atoms with Gasteiger partial charge in [-0.05, 0) is 43.5 Å². The highest BCUT2D eigenvalue weighted by Crippen LogP contribution is 2.33. The van der Waals surface area contributed by atoms with E-state index in [1.807, 2.05) is 30.3 Å². The first kappa shape index (κ1) is 22.9. The molecule has 4 rings (SSSR count). The van der Waals surface area contributed by atoms with Crippen molar-refractivity contribution in [1.29, 1.82) is 0 Å². The average molecular weight is 471 g/mol. The Balaban J connectivity index is 1.48. The van der Waals surface area contributed by atoms with Gasteiger partial charge in [0.05, 0.1) is 24.3 Å². The Morgan fingerprint density at radius 1 is 1.22 bits per heavy atom. The summed E-state index contributed by atoms with van der Waals surface area (Å²) in [5.41, 5.74) is 0.983. The fraction of sp³-hybridized carbons (Fsp3) is 0.458. The molecule has 1 fully saturated rings. The maximum Gasteiger partial charge on any atom is 0.191 e. The molecule has 8 heteroatoms. The number of rotatable bonds is 10. The number of carbonyl (C=O) groups is 1. The van der Waals surface area contributed by atoms with Crippen LogP contribution in [0.25, 0.3) is 0 Å². The van der Waals surface area contributed by atoms with Crippen LogP contribution in [0, 0.1) is 0 Å². The third-order valence-corrected chi connectivity index (χ3v) is 8.03. The molecule has 0 spiro atoms. The predicted molar refractivity (Wildman–Crippen MR) is 131 cm³/mol. The summed E-state index contributed by atoms with van der Waals surface area (Å²) < 4.78 is 7.60. The van der Waals surface area contributed by atoms with Gasteiger partial charge >= 0.3 is 0 Å². The summed E-state index contributed by atoms with van der Waals surface area (Å²) in [4.78, 5) is 14.8. The first-order valence-electron chi connectivity index (χ1n) is 11.2. The lowest BCUT2D eigenvalue weighted by atomic mass is 9.95. The summed E-state index contributed by atoms with van der Waals surface area (Å²) in [6, 6.07) is 12.3. The van der Waals surface area contributed by atoms with Gasteiger partial charge < -0.3 is 14.6 Å².